The lowest BCUT2D eigenvalue weighted by Crippen LogP contribution is -1.90. The molecule has 0 aliphatic heterocycles. The molecule has 0 spiro atoms. The van der Waals surface area contributed by atoms with Gasteiger partial charge < -0.3 is 0 Å². The van der Waals surface area contributed by atoms with Crippen LogP contribution < -0.4 is 0 Å². The Hall–Kier alpha value is -0.703. The van der Waals surface area contributed by atoms with Crippen LogP contribution in [0.1, 0.15) is 5.56 Å². The predicted molar refractivity (Wildman–Crippen MR) is 44.8 cm³/mol. The molecule has 3 heteroatoms. The Morgan fingerprint density at radius 3 is 2.64 bits per heavy atom. The third-order valence-corrected chi connectivity index (χ3v) is 2.03. The SMILES string of the molecule is Fc1ccc(F)c(CC[SiH3])c1. The van der Waals surface area contributed by atoms with Crippen molar-refractivity contribution in [1.29, 1.82) is 0 Å². The monoisotopic (exact) mass is 172 g/mol. The molecule has 0 radical (unpaired) electrons. The first-order chi connectivity index (χ1) is 5.24. The van der Waals surface area contributed by atoms with Gasteiger partial charge in [0, 0.05) is 10.2 Å². The lowest BCUT2D eigenvalue weighted by molar-refractivity contribution is 0.587. The van der Waals surface area contributed by atoms with Crippen molar-refractivity contribution in [3.8, 4) is 0 Å². The van der Waals surface area contributed by atoms with E-state index in [1.165, 1.54) is 12.1 Å². The number of aryl methyl sites for hydroxylation is 1. The lowest BCUT2D eigenvalue weighted by Gasteiger charge is -1.99. The van der Waals surface area contributed by atoms with Gasteiger partial charge in [-0.2, -0.15) is 0 Å². The fourth-order valence-electron chi connectivity index (χ4n) is 1.00. The normalized spacial score (nSPS) is 10.4. The topological polar surface area (TPSA) is 0 Å². The van der Waals surface area contributed by atoms with Gasteiger partial charge in [0.1, 0.15) is 11.6 Å². The zero-order valence-electron chi connectivity index (χ0n) is 6.40. The van der Waals surface area contributed by atoms with Gasteiger partial charge in [0.25, 0.3) is 0 Å². The van der Waals surface area contributed by atoms with Crippen molar-refractivity contribution in [2.45, 2.75) is 12.5 Å². The number of rotatable bonds is 2. The second-order valence-corrected chi connectivity index (χ2v) is 3.49. The molecule has 0 saturated heterocycles. The molecule has 1 aromatic carbocycles. The molecule has 0 aliphatic carbocycles. The second kappa shape index (κ2) is 3.62. The highest BCUT2D eigenvalue weighted by molar-refractivity contribution is 6.08. The fraction of sp³-hybridized carbons (Fsp3) is 0.250. The van der Waals surface area contributed by atoms with E-state index >= 15 is 0 Å². The van der Waals surface area contributed by atoms with Crippen molar-refractivity contribution < 1.29 is 8.78 Å². The zero-order valence-corrected chi connectivity index (χ0v) is 8.40. The van der Waals surface area contributed by atoms with Gasteiger partial charge in [-0.05, 0) is 30.2 Å². The van der Waals surface area contributed by atoms with E-state index in [0.717, 1.165) is 22.4 Å². The Bertz CT molecular complexity index is 248. The molecule has 1 rings (SSSR count). The van der Waals surface area contributed by atoms with Crippen molar-refractivity contribution in [2.75, 3.05) is 0 Å². The van der Waals surface area contributed by atoms with E-state index in [2.05, 4.69) is 0 Å². The van der Waals surface area contributed by atoms with Crippen LogP contribution in [0, 0.1) is 11.6 Å². The van der Waals surface area contributed by atoms with E-state index in [4.69, 9.17) is 0 Å². The lowest BCUT2D eigenvalue weighted by atomic mass is 10.1. The molecule has 0 bridgehead atoms. The molecule has 0 aromatic heterocycles. The summed E-state index contributed by atoms with van der Waals surface area (Å²) in [4.78, 5) is 0. The summed E-state index contributed by atoms with van der Waals surface area (Å²) in [6.07, 6.45) is 0.663. The summed E-state index contributed by atoms with van der Waals surface area (Å²) in [5.74, 6) is -0.640. The first-order valence-corrected chi connectivity index (χ1v) is 5.09. The van der Waals surface area contributed by atoms with Gasteiger partial charge in [-0.3, -0.25) is 0 Å². The summed E-state index contributed by atoms with van der Waals surface area (Å²) < 4.78 is 25.3. The number of hydrogen-bond acceptors (Lipinski definition) is 0. The molecule has 0 saturated carbocycles. The molecular weight excluding hydrogens is 162 g/mol. The molecule has 0 atom stereocenters. The minimum atomic E-state index is -0.350. The molecule has 0 nitrogen and oxygen atoms in total. The Morgan fingerprint density at radius 1 is 1.27 bits per heavy atom. The van der Waals surface area contributed by atoms with Gasteiger partial charge in [-0.1, -0.05) is 6.04 Å². The second-order valence-electron chi connectivity index (χ2n) is 2.49. The molecule has 0 aliphatic rings. The maximum absolute atomic E-state index is 12.8. The Balaban J connectivity index is 2.93. The van der Waals surface area contributed by atoms with Crippen molar-refractivity contribution in [1.82, 2.24) is 0 Å². The third-order valence-electron chi connectivity index (χ3n) is 1.53. The number of benzene rings is 1. The number of halogens is 2. The molecule has 0 amide bonds. The van der Waals surface area contributed by atoms with Crippen molar-refractivity contribution >= 4 is 10.2 Å². The van der Waals surface area contributed by atoms with E-state index in [9.17, 15) is 8.78 Å². The molecule has 0 heterocycles. The highest BCUT2D eigenvalue weighted by Crippen LogP contribution is 2.10. The Kier molecular flexibility index (Phi) is 2.76. The molecule has 0 unspecified atom stereocenters. The quantitative estimate of drug-likeness (QED) is 0.590. The average molecular weight is 172 g/mol. The van der Waals surface area contributed by atoms with Crippen LogP contribution in [0.4, 0.5) is 8.78 Å². The molecule has 11 heavy (non-hydrogen) atoms. The van der Waals surface area contributed by atoms with Gasteiger partial charge in [-0.15, -0.1) is 0 Å². The van der Waals surface area contributed by atoms with Crippen LogP contribution in [0.25, 0.3) is 0 Å². The summed E-state index contributed by atoms with van der Waals surface area (Å²) in [6.45, 7) is 0. The van der Waals surface area contributed by atoms with Crippen LogP contribution in [0.15, 0.2) is 18.2 Å². The predicted octanol–water partition coefficient (Wildman–Crippen LogP) is 1.29. The van der Waals surface area contributed by atoms with Gasteiger partial charge in [0.2, 0.25) is 0 Å². The summed E-state index contributed by atoms with van der Waals surface area (Å²) in [5, 5.41) is 0. The average Bonchev–Trinajstić information content (AvgIpc) is 1.98. The van der Waals surface area contributed by atoms with Gasteiger partial charge in [0.15, 0.2) is 0 Å². The molecule has 1 aromatic rings. The van der Waals surface area contributed by atoms with Crippen molar-refractivity contribution in [2.24, 2.45) is 0 Å². The minimum Gasteiger partial charge on any atom is -0.207 e. The molecular formula is C8H10F2Si. The largest absolute Gasteiger partial charge is 0.207 e. The van der Waals surface area contributed by atoms with Crippen molar-refractivity contribution in [3.05, 3.63) is 35.4 Å². The summed E-state index contributed by atoms with van der Waals surface area (Å²) in [6, 6.07) is 4.57. The summed E-state index contributed by atoms with van der Waals surface area (Å²) in [7, 11) is 1.03. The maximum Gasteiger partial charge on any atom is 0.126 e. The first kappa shape index (κ1) is 8.39. The van der Waals surface area contributed by atoms with Gasteiger partial charge >= 0.3 is 0 Å². The summed E-state index contributed by atoms with van der Waals surface area (Å²) in [5.41, 5.74) is 0.500. The van der Waals surface area contributed by atoms with Gasteiger partial charge in [0.05, 0.1) is 0 Å². The minimum absolute atomic E-state index is 0.290. The van der Waals surface area contributed by atoms with E-state index in [1.807, 2.05) is 0 Å². The van der Waals surface area contributed by atoms with Crippen LogP contribution in [0.5, 0.6) is 0 Å². The van der Waals surface area contributed by atoms with E-state index in [0.29, 0.717) is 12.0 Å². The highest BCUT2D eigenvalue weighted by Gasteiger charge is 2.01. The Labute approximate surface area is 67.7 Å². The third kappa shape index (κ3) is 2.12. The van der Waals surface area contributed by atoms with E-state index in [-0.39, 0.29) is 11.6 Å². The van der Waals surface area contributed by atoms with Crippen molar-refractivity contribution in [3.63, 3.8) is 0 Å². The standard InChI is InChI=1S/C8H10F2Si/c9-7-1-2-8(10)6(5-7)3-4-11/h1-2,5H,3-4H2,11H3. The zero-order chi connectivity index (χ0) is 8.27. The van der Waals surface area contributed by atoms with Crippen LogP contribution in [-0.4, -0.2) is 10.2 Å². The van der Waals surface area contributed by atoms with E-state index < -0.39 is 0 Å². The smallest absolute Gasteiger partial charge is 0.126 e. The van der Waals surface area contributed by atoms with Crippen LogP contribution in [-0.2, 0) is 6.42 Å². The number of hydrogen-bond donors (Lipinski definition) is 0. The summed E-state index contributed by atoms with van der Waals surface area (Å²) >= 11 is 0. The fourth-order valence-corrected chi connectivity index (χ4v) is 1.54. The van der Waals surface area contributed by atoms with Crippen LogP contribution >= 0.6 is 0 Å². The van der Waals surface area contributed by atoms with Gasteiger partial charge in [-0.25, -0.2) is 8.78 Å². The molecule has 60 valence electrons. The van der Waals surface area contributed by atoms with Crippen LogP contribution in [0.3, 0.4) is 0 Å². The van der Waals surface area contributed by atoms with Crippen LogP contribution in [0.2, 0.25) is 6.04 Å². The maximum atomic E-state index is 12.8. The highest BCUT2D eigenvalue weighted by atomic mass is 28.1. The first-order valence-electron chi connectivity index (χ1n) is 3.68. The van der Waals surface area contributed by atoms with E-state index in [1.54, 1.807) is 0 Å². The molecule has 0 N–H and O–H groups in total. The Morgan fingerprint density at radius 2 is 2.00 bits per heavy atom. The molecule has 0 fully saturated rings.